The molecule has 8 heteroatoms. The highest BCUT2D eigenvalue weighted by molar-refractivity contribution is 9.10. The Morgan fingerprint density at radius 3 is 2.30 bits per heavy atom. The summed E-state index contributed by atoms with van der Waals surface area (Å²) in [6.07, 6.45) is 5.95. The molecule has 1 atom stereocenters. The molecular formula is C25H28BrN3O3S. The quantitative estimate of drug-likeness (QED) is 0.352. The number of carbonyl (C=O) groups is 1. The van der Waals surface area contributed by atoms with Crippen molar-refractivity contribution in [2.24, 2.45) is 0 Å². The highest BCUT2D eigenvalue weighted by atomic mass is 79.9. The molecule has 2 aromatic carbocycles. The van der Waals surface area contributed by atoms with Crippen molar-refractivity contribution in [2.45, 2.75) is 43.5 Å². The topological polar surface area (TPSA) is 88.2 Å². The van der Waals surface area contributed by atoms with Crippen LogP contribution in [0.5, 0.6) is 0 Å². The van der Waals surface area contributed by atoms with E-state index in [1.165, 1.54) is 0 Å². The van der Waals surface area contributed by atoms with Gasteiger partial charge in [-0.1, -0.05) is 52.7 Å². The molecule has 6 nitrogen and oxygen atoms in total. The molecule has 0 aliphatic rings. The number of halogens is 1. The third-order valence-corrected chi connectivity index (χ3v) is 7.31. The summed E-state index contributed by atoms with van der Waals surface area (Å²) >= 11 is 3.42. The second-order valence-corrected chi connectivity index (χ2v) is 10.6. The van der Waals surface area contributed by atoms with Gasteiger partial charge < -0.3 is 5.32 Å². The van der Waals surface area contributed by atoms with Crippen molar-refractivity contribution in [1.82, 2.24) is 15.0 Å². The number of sulfonamides is 1. The molecule has 2 N–H and O–H groups in total. The van der Waals surface area contributed by atoms with Crippen molar-refractivity contribution >= 4 is 31.9 Å². The number of nitrogens with zero attached hydrogens (tertiary/aromatic N) is 1. The number of pyridine rings is 1. The summed E-state index contributed by atoms with van der Waals surface area (Å²) in [5.41, 5.74) is 2.86. The van der Waals surface area contributed by atoms with Crippen LogP contribution in [0.2, 0.25) is 0 Å². The van der Waals surface area contributed by atoms with Crippen molar-refractivity contribution in [1.29, 1.82) is 0 Å². The molecule has 0 saturated carbocycles. The van der Waals surface area contributed by atoms with E-state index in [-0.39, 0.29) is 16.8 Å². The van der Waals surface area contributed by atoms with E-state index in [0.717, 1.165) is 34.0 Å². The Bertz CT molecular complexity index is 1140. The van der Waals surface area contributed by atoms with Crippen LogP contribution in [0.1, 0.15) is 31.7 Å². The van der Waals surface area contributed by atoms with E-state index in [0.29, 0.717) is 19.4 Å². The zero-order valence-electron chi connectivity index (χ0n) is 18.5. The second kappa shape index (κ2) is 12.1. The molecule has 0 spiro atoms. The summed E-state index contributed by atoms with van der Waals surface area (Å²) in [5.74, 6) is -0.0386. The van der Waals surface area contributed by atoms with E-state index in [9.17, 15) is 13.2 Å². The first kappa shape index (κ1) is 25.1. The highest BCUT2D eigenvalue weighted by Gasteiger charge is 2.17. The Hall–Kier alpha value is -2.55. The fourth-order valence-corrected chi connectivity index (χ4v) is 4.96. The predicted octanol–water partition coefficient (Wildman–Crippen LogP) is 4.71. The SMILES string of the molecule is CC(CCCCNC(=O)Cc1cccnc1)NS(=O)(=O)c1ccc(-c2ccc(Br)cc2)cc1. The van der Waals surface area contributed by atoms with Gasteiger partial charge >= 0.3 is 0 Å². The van der Waals surface area contributed by atoms with Gasteiger partial charge in [0.2, 0.25) is 15.9 Å². The van der Waals surface area contributed by atoms with Crippen LogP contribution < -0.4 is 10.0 Å². The molecule has 33 heavy (non-hydrogen) atoms. The smallest absolute Gasteiger partial charge is 0.240 e. The van der Waals surface area contributed by atoms with E-state index in [1.807, 2.05) is 55.5 Å². The Morgan fingerprint density at radius 2 is 1.67 bits per heavy atom. The molecule has 1 aromatic heterocycles. The van der Waals surface area contributed by atoms with Crippen LogP contribution in [0.15, 0.2) is 82.4 Å². The van der Waals surface area contributed by atoms with Gasteiger partial charge in [-0.25, -0.2) is 13.1 Å². The fourth-order valence-electron chi connectivity index (χ4n) is 3.41. The lowest BCUT2D eigenvalue weighted by molar-refractivity contribution is -0.120. The molecule has 0 bridgehead atoms. The summed E-state index contributed by atoms with van der Waals surface area (Å²) in [5, 5.41) is 2.89. The molecule has 3 rings (SSSR count). The molecule has 0 aliphatic carbocycles. The first-order valence-electron chi connectivity index (χ1n) is 10.9. The number of nitrogens with one attached hydrogen (secondary N) is 2. The van der Waals surface area contributed by atoms with Gasteiger partial charge in [0.1, 0.15) is 0 Å². The Kier molecular flexibility index (Phi) is 9.17. The lowest BCUT2D eigenvalue weighted by Crippen LogP contribution is -2.32. The summed E-state index contributed by atoms with van der Waals surface area (Å²) < 4.78 is 29.2. The van der Waals surface area contributed by atoms with Gasteiger partial charge in [-0.15, -0.1) is 0 Å². The molecule has 1 amide bonds. The van der Waals surface area contributed by atoms with Crippen LogP contribution in [0.3, 0.4) is 0 Å². The summed E-state index contributed by atoms with van der Waals surface area (Å²) in [4.78, 5) is 16.2. The van der Waals surface area contributed by atoms with Crippen molar-refractivity contribution in [3.8, 4) is 11.1 Å². The monoisotopic (exact) mass is 529 g/mol. The molecule has 0 saturated heterocycles. The molecule has 0 radical (unpaired) electrons. The summed E-state index contributed by atoms with van der Waals surface area (Å²) in [7, 11) is -3.59. The van der Waals surface area contributed by atoms with E-state index in [1.54, 1.807) is 24.5 Å². The number of rotatable bonds is 11. The summed E-state index contributed by atoms with van der Waals surface area (Å²) in [6, 6.07) is 18.2. The molecule has 0 aliphatic heterocycles. The van der Waals surface area contributed by atoms with Gasteiger partial charge in [0, 0.05) is 29.5 Å². The van der Waals surface area contributed by atoms with Crippen LogP contribution in [0, 0.1) is 0 Å². The van der Waals surface area contributed by atoms with E-state index >= 15 is 0 Å². The zero-order chi connectivity index (χ0) is 23.7. The zero-order valence-corrected chi connectivity index (χ0v) is 20.9. The maximum absolute atomic E-state index is 12.7. The van der Waals surface area contributed by atoms with E-state index in [4.69, 9.17) is 0 Å². The standard InChI is InChI=1S/C25H28BrN3O3S/c1-19(5-2-3-16-28-25(30)17-20-6-4-15-27-18-20)29-33(31,32)24-13-9-22(10-14-24)21-7-11-23(26)12-8-21/h4,6-15,18-19,29H,2-3,5,16-17H2,1H3,(H,28,30). The van der Waals surface area contributed by atoms with Crippen LogP contribution in [0.25, 0.3) is 11.1 Å². The van der Waals surface area contributed by atoms with Crippen LogP contribution in [-0.2, 0) is 21.2 Å². The lowest BCUT2D eigenvalue weighted by atomic mass is 10.1. The van der Waals surface area contributed by atoms with Gasteiger partial charge in [0.25, 0.3) is 0 Å². The fraction of sp³-hybridized carbons (Fsp3) is 0.280. The number of carbonyl (C=O) groups excluding carboxylic acids is 1. The van der Waals surface area contributed by atoms with E-state index < -0.39 is 10.0 Å². The molecule has 174 valence electrons. The second-order valence-electron chi connectivity index (χ2n) is 7.94. The average molecular weight is 530 g/mol. The van der Waals surface area contributed by atoms with Gasteiger partial charge in [0.15, 0.2) is 0 Å². The number of benzene rings is 2. The average Bonchev–Trinajstić information content (AvgIpc) is 2.80. The maximum atomic E-state index is 12.7. The molecule has 1 unspecified atom stereocenters. The number of hydrogen-bond acceptors (Lipinski definition) is 4. The van der Waals surface area contributed by atoms with Crippen LogP contribution in [-0.4, -0.2) is 31.9 Å². The number of aromatic nitrogens is 1. The minimum absolute atomic E-state index is 0.0386. The van der Waals surface area contributed by atoms with Crippen molar-refractivity contribution in [2.75, 3.05) is 6.54 Å². The van der Waals surface area contributed by atoms with Gasteiger partial charge in [0.05, 0.1) is 11.3 Å². The number of hydrogen-bond donors (Lipinski definition) is 2. The van der Waals surface area contributed by atoms with Crippen molar-refractivity contribution in [3.05, 3.63) is 83.1 Å². The van der Waals surface area contributed by atoms with Crippen molar-refractivity contribution < 1.29 is 13.2 Å². The normalized spacial score (nSPS) is 12.3. The third kappa shape index (κ3) is 8.07. The Labute approximate surface area is 204 Å². The van der Waals surface area contributed by atoms with Gasteiger partial charge in [-0.2, -0.15) is 0 Å². The molecular weight excluding hydrogens is 502 g/mol. The Balaban J connectivity index is 1.40. The van der Waals surface area contributed by atoms with Gasteiger partial charge in [-0.05, 0) is 66.8 Å². The molecule has 0 fully saturated rings. The number of unbranched alkanes of at least 4 members (excludes halogenated alkanes) is 1. The maximum Gasteiger partial charge on any atom is 0.240 e. The number of amides is 1. The minimum Gasteiger partial charge on any atom is -0.356 e. The van der Waals surface area contributed by atoms with Gasteiger partial charge in [-0.3, -0.25) is 9.78 Å². The largest absolute Gasteiger partial charge is 0.356 e. The molecule has 1 heterocycles. The summed E-state index contributed by atoms with van der Waals surface area (Å²) in [6.45, 7) is 2.42. The van der Waals surface area contributed by atoms with Crippen LogP contribution in [0.4, 0.5) is 0 Å². The first-order chi connectivity index (χ1) is 15.8. The predicted molar refractivity (Wildman–Crippen MR) is 134 cm³/mol. The van der Waals surface area contributed by atoms with Crippen molar-refractivity contribution in [3.63, 3.8) is 0 Å². The van der Waals surface area contributed by atoms with Crippen LogP contribution >= 0.6 is 15.9 Å². The molecule has 3 aromatic rings. The first-order valence-corrected chi connectivity index (χ1v) is 13.1. The Morgan fingerprint density at radius 1 is 1.00 bits per heavy atom. The van der Waals surface area contributed by atoms with E-state index in [2.05, 4.69) is 31.0 Å². The minimum atomic E-state index is -3.59. The third-order valence-electron chi connectivity index (χ3n) is 5.17. The lowest BCUT2D eigenvalue weighted by Gasteiger charge is -2.15. The highest BCUT2D eigenvalue weighted by Crippen LogP contribution is 2.23.